The van der Waals surface area contributed by atoms with E-state index in [0.717, 1.165) is 21.0 Å². The standard InChI is InChI=1S/C26H28F3NO10/c1-14(31)18-6-8-20(19(23(18)33)9-10-26(27,28)29)38-12-17(40-15(2)32)13-39-21-7-5-16(11-22(21)36-3)30-24(34)25(35)37-4/h5-8,11,17,33H,9-10,12-13H2,1-4H3,(H,30,34). The maximum atomic E-state index is 12.9. The summed E-state index contributed by atoms with van der Waals surface area (Å²) in [6.45, 7) is 1.62. The minimum absolute atomic E-state index is 0.132. The molecule has 0 aliphatic carbocycles. The summed E-state index contributed by atoms with van der Waals surface area (Å²) in [6.07, 6.45) is -7.52. The van der Waals surface area contributed by atoms with Crippen LogP contribution >= 0.6 is 0 Å². The number of hydrogen-bond donors (Lipinski definition) is 2. The van der Waals surface area contributed by atoms with Crippen molar-refractivity contribution in [1.82, 2.24) is 0 Å². The Balaban J connectivity index is 2.20. The third-order valence-electron chi connectivity index (χ3n) is 5.25. The molecule has 0 fully saturated rings. The van der Waals surface area contributed by atoms with Gasteiger partial charge in [-0.1, -0.05) is 0 Å². The van der Waals surface area contributed by atoms with Crippen molar-refractivity contribution in [1.29, 1.82) is 0 Å². The molecular formula is C26H28F3NO10. The average molecular weight is 572 g/mol. The van der Waals surface area contributed by atoms with Crippen molar-refractivity contribution < 1.29 is 61.1 Å². The van der Waals surface area contributed by atoms with Crippen molar-refractivity contribution in [3.63, 3.8) is 0 Å². The number of carbonyl (C=O) groups is 4. The van der Waals surface area contributed by atoms with Crippen LogP contribution in [-0.4, -0.2) is 68.4 Å². The third-order valence-corrected chi connectivity index (χ3v) is 5.25. The van der Waals surface area contributed by atoms with Crippen LogP contribution in [0.25, 0.3) is 0 Å². The number of Topliss-reactive ketones (excluding diaryl/α,β-unsaturated/α-hetero) is 1. The van der Waals surface area contributed by atoms with Gasteiger partial charge in [-0.2, -0.15) is 13.2 Å². The number of anilines is 1. The fourth-order valence-corrected chi connectivity index (χ4v) is 3.40. The van der Waals surface area contributed by atoms with Gasteiger partial charge in [0.1, 0.15) is 24.7 Å². The Kier molecular flexibility index (Phi) is 11.1. The Hall–Kier alpha value is -4.49. The predicted octanol–water partition coefficient (Wildman–Crippen LogP) is 3.60. The van der Waals surface area contributed by atoms with E-state index >= 15 is 0 Å². The van der Waals surface area contributed by atoms with Gasteiger partial charge in [-0.05, 0) is 37.6 Å². The van der Waals surface area contributed by atoms with Crippen molar-refractivity contribution in [3.8, 4) is 23.0 Å². The summed E-state index contributed by atoms with van der Waals surface area (Å²) in [5.74, 6) is -3.82. The molecule has 40 heavy (non-hydrogen) atoms. The molecule has 0 aromatic heterocycles. The zero-order valence-corrected chi connectivity index (χ0v) is 22.0. The summed E-state index contributed by atoms with van der Waals surface area (Å²) in [6, 6.07) is 6.64. The zero-order chi connectivity index (χ0) is 30.0. The topological polar surface area (TPSA) is 147 Å². The number of phenols is 1. The molecule has 0 heterocycles. The van der Waals surface area contributed by atoms with Gasteiger partial charge in [-0.25, -0.2) is 4.79 Å². The van der Waals surface area contributed by atoms with Crippen molar-refractivity contribution >= 4 is 29.3 Å². The number of aromatic hydroxyl groups is 1. The number of ketones is 1. The number of amides is 1. The Morgan fingerprint density at radius 1 is 0.950 bits per heavy atom. The van der Waals surface area contributed by atoms with Crippen LogP contribution in [0, 0.1) is 0 Å². The molecule has 2 aromatic carbocycles. The highest BCUT2D eigenvalue weighted by Crippen LogP contribution is 2.36. The highest BCUT2D eigenvalue weighted by molar-refractivity contribution is 6.37. The molecule has 0 spiro atoms. The molecule has 218 valence electrons. The Morgan fingerprint density at radius 2 is 1.57 bits per heavy atom. The van der Waals surface area contributed by atoms with E-state index in [2.05, 4.69) is 10.1 Å². The van der Waals surface area contributed by atoms with Crippen LogP contribution in [0.4, 0.5) is 18.9 Å². The number of carbonyl (C=O) groups excluding carboxylic acids is 4. The maximum Gasteiger partial charge on any atom is 0.396 e. The molecule has 0 bridgehead atoms. The van der Waals surface area contributed by atoms with Gasteiger partial charge in [-0.3, -0.25) is 14.4 Å². The Labute approximate surface area is 227 Å². The number of benzene rings is 2. The lowest BCUT2D eigenvalue weighted by atomic mass is 10.0. The summed E-state index contributed by atoms with van der Waals surface area (Å²) in [5, 5.41) is 12.7. The second kappa shape index (κ2) is 14.1. The lowest BCUT2D eigenvalue weighted by molar-refractivity contribution is -0.150. The summed E-state index contributed by atoms with van der Waals surface area (Å²) < 4.78 is 64.6. The van der Waals surface area contributed by atoms with E-state index in [0.29, 0.717) is 0 Å². The molecule has 1 unspecified atom stereocenters. The monoisotopic (exact) mass is 571 g/mol. The molecule has 0 aliphatic heterocycles. The summed E-state index contributed by atoms with van der Waals surface area (Å²) >= 11 is 0. The first-order chi connectivity index (χ1) is 18.7. The van der Waals surface area contributed by atoms with E-state index in [-0.39, 0.29) is 47.3 Å². The Bertz CT molecular complexity index is 1250. The molecule has 14 heteroatoms. The van der Waals surface area contributed by atoms with Crippen LogP contribution < -0.4 is 19.5 Å². The average Bonchev–Trinajstić information content (AvgIpc) is 2.88. The number of methoxy groups -OCH3 is 2. The summed E-state index contributed by atoms with van der Waals surface area (Å²) in [7, 11) is 2.37. The first kappa shape index (κ1) is 31.7. The van der Waals surface area contributed by atoms with E-state index in [1.165, 1.54) is 37.4 Å². The number of nitrogens with one attached hydrogen (secondary N) is 1. The van der Waals surface area contributed by atoms with Gasteiger partial charge in [0.05, 0.1) is 19.8 Å². The van der Waals surface area contributed by atoms with Crippen LogP contribution in [0.3, 0.4) is 0 Å². The minimum Gasteiger partial charge on any atom is -0.507 e. The largest absolute Gasteiger partial charge is 0.507 e. The number of rotatable bonds is 12. The minimum atomic E-state index is -4.53. The molecule has 2 N–H and O–H groups in total. The van der Waals surface area contributed by atoms with E-state index in [9.17, 15) is 37.5 Å². The number of alkyl halides is 3. The first-order valence-electron chi connectivity index (χ1n) is 11.7. The number of phenolic OH excluding ortho intramolecular Hbond substituents is 1. The lowest BCUT2D eigenvalue weighted by Crippen LogP contribution is -2.30. The van der Waals surface area contributed by atoms with E-state index in [1.807, 2.05) is 0 Å². The fourth-order valence-electron chi connectivity index (χ4n) is 3.40. The molecule has 2 rings (SSSR count). The first-order valence-corrected chi connectivity index (χ1v) is 11.7. The van der Waals surface area contributed by atoms with Gasteiger partial charge in [0, 0.05) is 30.7 Å². The SMILES string of the molecule is COC(=O)C(=O)Nc1ccc(OCC(COc2ccc(C(C)=O)c(O)c2CCC(F)(F)F)OC(C)=O)c(OC)c1. The number of esters is 2. The molecule has 1 amide bonds. The van der Waals surface area contributed by atoms with E-state index in [4.69, 9.17) is 18.9 Å². The van der Waals surface area contributed by atoms with Crippen molar-refractivity contribution in [2.24, 2.45) is 0 Å². The quantitative estimate of drug-likeness (QED) is 0.220. The third kappa shape index (κ3) is 9.36. The molecule has 0 aliphatic rings. The highest BCUT2D eigenvalue weighted by atomic mass is 19.4. The van der Waals surface area contributed by atoms with Crippen LogP contribution in [0.15, 0.2) is 30.3 Å². The van der Waals surface area contributed by atoms with Crippen molar-refractivity contribution in [3.05, 3.63) is 41.5 Å². The van der Waals surface area contributed by atoms with Crippen LogP contribution in [-0.2, 0) is 30.3 Å². The molecule has 2 aromatic rings. The molecule has 0 saturated heterocycles. The predicted molar refractivity (Wildman–Crippen MR) is 133 cm³/mol. The summed E-state index contributed by atoms with van der Waals surface area (Å²) in [4.78, 5) is 46.4. The normalized spacial score (nSPS) is 11.7. The van der Waals surface area contributed by atoms with Gasteiger partial charge in [0.2, 0.25) is 0 Å². The maximum absolute atomic E-state index is 12.9. The van der Waals surface area contributed by atoms with Crippen LogP contribution in [0.5, 0.6) is 23.0 Å². The number of ether oxygens (including phenoxy) is 5. The van der Waals surface area contributed by atoms with Crippen LogP contribution in [0.2, 0.25) is 0 Å². The van der Waals surface area contributed by atoms with Gasteiger partial charge < -0.3 is 34.1 Å². The smallest absolute Gasteiger partial charge is 0.396 e. The molecule has 1 atom stereocenters. The van der Waals surface area contributed by atoms with Crippen molar-refractivity contribution in [2.75, 3.05) is 32.8 Å². The number of hydrogen-bond acceptors (Lipinski definition) is 10. The van der Waals surface area contributed by atoms with Gasteiger partial charge in [0.15, 0.2) is 23.4 Å². The molecular weight excluding hydrogens is 543 g/mol. The van der Waals surface area contributed by atoms with E-state index in [1.54, 1.807) is 0 Å². The molecule has 0 radical (unpaired) electrons. The van der Waals surface area contributed by atoms with Gasteiger partial charge in [-0.15, -0.1) is 0 Å². The second-order valence-electron chi connectivity index (χ2n) is 8.27. The molecule has 11 nitrogen and oxygen atoms in total. The van der Waals surface area contributed by atoms with Crippen molar-refractivity contribution in [2.45, 2.75) is 39.0 Å². The second-order valence-corrected chi connectivity index (χ2v) is 8.27. The van der Waals surface area contributed by atoms with Gasteiger partial charge in [0.25, 0.3) is 0 Å². The number of halogens is 3. The fraction of sp³-hybridized carbons (Fsp3) is 0.385. The molecule has 0 saturated carbocycles. The van der Waals surface area contributed by atoms with Crippen LogP contribution in [0.1, 0.15) is 36.2 Å². The zero-order valence-electron chi connectivity index (χ0n) is 22.0. The van der Waals surface area contributed by atoms with Gasteiger partial charge >= 0.3 is 24.0 Å². The highest BCUT2D eigenvalue weighted by Gasteiger charge is 2.29. The lowest BCUT2D eigenvalue weighted by Gasteiger charge is -2.21. The Morgan fingerprint density at radius 3 is 2.12 bits per heavy atom. The summed E-state index contributed by atoms with van der Waals surface area (Å²) in [5.41, 5.74) is -0.193. The van der Waals surface area contributed by atoms with E-state index < -0.39 is 54.5 Å².